The van der Waals surface area contributed by atoms with Crippen molar-refractivity contribution in [3.8, 4) is 6.01 Å². The number of hydrogen-bond donors (Lipinski definition) is 2. The average Bonchev–Trinajstić information content (AvgIpc) is 3.10. The molecule has 2 aliphatic rings. The van der Waals surface area contributed by atoms with E-state index in [1.165, 1.54) is 0 Å². The molecule has 0 spiro atoms. The molecule has 1 aromatic heterocycles. The summed E-state index contributed by atoms with van der Waals surface area (Å²) in [7, 11) is 2.03. The summed E-state index contributed by atoms with van der Waals surface area (Å²) < 4.78 is 11.3. The number of likely N-dealkylation sites (N-methyl/N-ethyl adjacent to an activating group) is 1. The van der Waals surface area contributed by atoms with Gasteiger partial charge in [-0.1, -0.05) is 0 Å². The Kier molecular flexibility index (Phi) is 6.97. The predicted octanol–water partition coefficient (Wildman–Crippen LogP) is 1.68. The highest BCUT2D eigenvalue weighted by molar-refractivity contribution is 5.94. The predicted molar refractivity (Wildman–Crippen MR) is 119 cm³/mol. The lowest BCUT2D eigenvalue weighted by Crippen LogP contribution is -2.55. The Balaban J connectivity index is 1.78. The molecule has 0 radical (unpaired) electrons. The highest BCUT2D eigenvalue weighted by Crippen LogP contribution is 2.30. The zero-order valence-electron chi connectivity index (χ0n) is 19.5. The number of anilines is 2. The number of ether oxygens (including phenoxy) is 2. The fourth-order valence-electron chi connectivity index (χ4n) is 4.01. The summed E-state index contributed by atoms with van der Waals surface area (Å²) >= 11 is 0. The lowest BCUT2D eigenvalue weighted by Gasteiger charge is -2.41. The van der Waals surface area contributed by atoms with Gasteiger partial charge in [0.2, 0.25) is 0 Å². The van der Waals surface area contributed by atoms with Crippen LogP contribution in [0.2, 0.25) is 0 Å². The second kappa shape index (κ2) is 9.35. The van der Waals surface area contributed by atoms with Gasteiger partial charge in [-0.3, -0.25) is 0 Å². The molecule has 2 unspecified atom stereocenters. The fraction of sp³-hybridized carbons (Fsp3) is 0.714. The quantitative estimate of drug-likeness (QED) is 0.682. The summed E-state index contributed by atoms with van der Waals surface area (Å²) in [6.45, 7) is 9.98. The molecule has 178 valence electrons. The number of aromatic carboxylic acids is 1. The van der Waals surface area contributed by atoms with E-state index >= 15 is 0 Å². The number of likely N-dealkylation sites (tertiary alicyclic amines) is 1. The van der Waals surface area contributed by atoms with Crippen LogP contribution in [0.15, 0.2) is 0 Å². The molecule has 0 aliphatic carbocycles. The van der Waals surface area contributed by atoms with Gasteiger partial charge in [0.1, 0.15) is 17.9 Å². The van der Waals surface area contributed by atoms with Crippen LogP contribution >= 0.6 is 0 Å². The van der Waals surface area contributed by atoms with Crippen molar-refractivity contribution in [2.24, 2.45) is 0 Å². The molecular formula is C21H34N6O5. The minimum atomic E-state index is -1.24. The first-order chi connectivity index (χ1) is 15.0. The van der Waals surface area contributed by atoms with E-state index < -0.39 is 11.6 Å². The maximum absolute atomic E-state index is 12.4. The van der Waals surface area contributed by atoms with E-state index in [4.69, 9.17) is 15.2 Å². The summed E-state index contributed by atoms with van der Waals surface area (Å²) in [5, 5.41) is 9.60. The molecular weight excluding hydrogens is 416 g/mol. The van der Waals surface area contributed by atoms with Crippen molar-refractivity contribution in [3.63, 3.8) is 0 Å². The van der Waals surface area contributed by atoms with Gasteiger partial charge in [0, 0.05) is 31.7 Å². The SMILES string of the molecule is CC1CN(C(=O)OC(C)(C)C)CCN1c1nc(OCC2CCCN2C)nc(C(=O)O)c1N. The first kappa shape index (κ1) is 23.8. The van der Waals surface area contributed by atoms with Crippen molar-refractivity contribution in [1.29, 1.82) is 0 Å². The lowest BCUT2D eigenvalue weighted by atomic mass is 10.1. The van der Waals surface area contributed by atoms with E-state index in [2.05, 4.69) is 14.9 Å². The van der Waals surface area contributed by atoms with E-state index in [1.807, 2.05) is 39.6 Å². The summed E-state index contributed by atoms with van der Waals surface area (Å²) in [4.78, 5) is 38.4. The molecule has 2 fully saturated rings. The molecule has 1 amide bonds. The number of nitrogens with zero attached hydrogens (tertiary/aromatic N) is 5. The fourth-order valence-corrected chi connectivity index (χ4v) is 4.01. The van der Waals surface area contributed by atoms with E-state index in [0.29, 0.717) is 32.1 Å². The van der Waals surface area contributed by atoms with E-state index in [1.54, 1.807) is 4.90 Å². The third-order valence-electron chi connectivity index (χ3n) is 5.74. The zero-order valence-corrected chi connectivity index (χ0v) is 19.5. The van der Waals surface area contributed by atoms with Crippen LogP contribution in [0.4, 0.5) is 16.3 Å². The molecule has 3 rings (SSSR count). The number of hydrogen-bond acceptors (Lipinski definition) is 9. The number of nitrogens with two attached hydrogens (primary N) is 1. The standard InChI is InChI=1S/C21H34N6O5/c1-13-11-26(20(30)32-21(2,3)4)9-10-27(13)17-15(22)16(18(28)29)23-19(24-17)31-12-14-7-6-8-25(14)5/h13-14H,6-12,22H2,1-5H3,(H,28,29). The molecule has 2 atom stereocenters. The Morgan fingerprint density at radius 3 is 2.50 bits per heavy atom. The maximum Gasteiger partial charge on any atom is 0.410 e. The van der Waals surface area contributed by atoms with Crippen LogP contribution in [-0.4, -0.2) is 94.5 Å². The third kappa shape index (κ3) is 5.50. The second-order valence-corrected chi connectivity index (χ2v) is 9.45. The Bertz CT molecular complexity index is 858. The first-order valence-electron chi connectivity index (χ1n) is 10.9. The van der Waals surface area contributed by atoms with Gasteiger partial charge in [-0.25, -0.2) is 9.59 Å². The summed E-state index contributed by atoms with van der Waals surface area (Å²) in [5.74, 6) is -0.933. The number of rotatable bonds is 5. The number of piperazine rings is 1. The molecule has 0 bridgehead atoms. The molecule has 11 heteroatoms. The lowest BCUT2D eigenvalue weighted by molar-refractivity contribution is 0.0218. The smallest absolute Gasteiger partial charge is 0.410 e. The molecule has 0 saturated carbocycles. The van der Waals surface area contributed by atoms with E-state index in [0.717, 1.165) is 19.4 Å². The van der Waals surface area contributed by atoms with Crippen molar-refractivity contribution >= 4 is 23.6 Å². The van der Waals surface area contributed by atoms with Gasteiger partial charge in [0.15, 0.2) is 11.5 Å². The van der Waals surface area contributed by atoms with Crippen molar-refractivity contribution < 1.29 is 24.2 Å². The van der Waals surface area contributed by atoms with Gasteiger partial charge in [-0.2, -0.15) is 9.97 Å². The van der Waals surface area contributed by atoms with Gasteiger partial charge >= 0.3 is 18.1 Å². The number of carbonyl (C=O) groups excluding carboxylic acids is 1. The Hall–Kier alpha value is -2.82. The monoisotopic (exact) mass is 450 g/mol. The van der Waals surface area contributed by atoms with Crippen molar-refractivity contribution in [2.45, 2.75) is 58.2 Å². The zero-order chi connectivity index (χ0) is 23.6. The normalized spacial score (nSPS) is 22.2. The van der Waals surface area contributed by atoms with Crippen molar-refractivity contribution in [2.75, 3.05) is 50.5 Å². The Morgan fingerprint density at radius 1 is 1.22 bits per heavy atom. The number of carboxylic acids is 1. The molecule has 0 aromatic carbocycles. The molecule has 1 aromatic rings. The molecule has 2 saturated heterocycles. The van der Waals surface area contributed by atoms with Crippen molar-refractivity contribution in [1.82, 2.24) is 19.8 Å². The first-order valence-corrected chi connectivity index (χ1v) is 10.9. The van der Waals surface area contributed by atoms with Gasteiger partial charge < -0.3 is 35.0 Å². The van der Waals surface area contributed by atoms with Crippen LogP contribution in [0.3, 0.4) is 0 Å². The largest absolute Gasteiger partial charge is 0.476 e. The number of aromatic nitrogens is 2. The van der Waals surface area contributed by atoms with Crippen LogP contribution in [0.5, 0.6) is 6.01 Å². The number of amides is 1. The van der Waals surface area contributed by atoms with Gasteiger partial charge in [-0.05, 0) is 54.1 Å². The average molecular weight is 451 g/mol. The number of nitrogen functional groups attached to an aromatic ring is 1. The maximum atomic E-state index is 12.4. The Morgan fingerprint density at radius 2 is 1.94 bits per heavy atom. The van der Waals surface area contributed by atoms with Crippen LogP contribution in [0, 0.1) is 0 Å². The molecule has 32 heavy (non-hydrogen) atoms. The summed E-state index contributed by atoms with van der Waals surface area (Å²) in [5.41, 5.74) is 5.27. The van der Waals surface area contributed by atoms with Gasteiger partial charge in [0.05, 0.1) is 0 Å². The third-order valence-corrected chi connectivity index (χ3v) is 5.74. The van der Waals surface area contributed by atoms with Gasteiger partial charge in [-0.15, -0.1) is 0 Å². The van der Waals surface area contributed by atoms with Gasteiger partial charge in [0.25, 0.3) is 0 Å². The topological polar surface area (TPSA) is 134 Å². The van der Waals surface area contributed by atoms with E-state index in [-0.39, 0.29) is 35.6 Å². The minimum absolute atomic E-state index is 0.00586. The van der Waals surface area contributed by atoms with Crippen LogP contribution < -0.4 is 15.4 Å². The highest BCUT2D eigenvalue weighted by atomic mass is 16.6. The summed E-state index contributed by atoms with van der Waals surface area (Å²) in [6, 6.07) is 0.0711. The van der Waals surface area contributed by atoms with E-state index in [9.17, 15) is 14.7 Å². The molecule has 2 aliphatic heterocycles. The number of carbonyl (C=O) groups is 2. The molecule has 3 N–H and O–H groups in total. The number of carboxylic acid groups (broad SMARTS) is 1. The second-order valence-electron chi connectivity index (χ2n) is 9.45. The minimum Gasteiger partial charge on any atom is -0.476 e. The molecule has 3 heterocycles. The van der Waals surface area contributed by atoms with Crippen LogP contribution in [0.1, 0.15) is 51.0 Å². The summed E-state index contributed by atoms with van der Waals surface area (Å²) in [6.07, 6.45) is 1.72. The Labute approximate surface area is 188 Å². The van der Waals surface area contributed by atoms with Crippen LogP contribution in [-0.2, 0) is 4.74 Å². The molecule has 11 nitrogen and oxygen atoms in total. The van der Waals surface area contributed by atoms with Crippen molar-refractivity contribution in [3.05, 3.63) is 5.69 Å². The highest BCUT2D eigenvalue weighted by Gasteiger charge is 2.33. The van der Waals surface area contributed by atoms with Crippen LogP contribution in [0.25, 0.3) is 0 Å².